The third-order valence-corrected chi connectivity index (χ3v) is 3.37. The number of alkyl halides is 3. The third kappa shape index (κ3) is 4.76. The van der Waals surface area contributed by atoms with Crippen molar-refractivity contribution in [2.75, 3.05) is 13.2 Å². The van der Waals surface area contributed by atoms with E-state index < -0.39 is 24.5 Å². The molecular weight excluding hydrogens is 274 g/mol. The zero-order valence-corrected chi connectivity index (χ0v) is 10.9. The van der Waals surface area contributed by atoms with E-state index in [-0.39, 0.29) is 6.04 Å². The Kier molecular flexibility index (Phi) is 4.99. The standard InChI is InChI=1S/C14H17F4NO/c15-11-3-1-10(2-4-11)13(9-14(16,17)18)19-12-5-7-20-8-6-12/h1-4,12-13,19H,5-9H2/t13-/m0/s1. The van der Waals surface area contributed by atoms with Gasteiger partial charge in [-0.3, -0.25) is 0 Å². The maximum Gasteiger partial charge on any atom is 0.390 e. The fourth-order valence-corrected chi connectivity index (χ4v) is 2.35. The molecule has 0 radical (unpaired) electrons. The minimum absolute atomic E-state index is 0.00107. The lowest BCUT2D eigenvalue weighted by atomic mass is 10.00. The van der Waals surface area contributed by atoms with Gasteiger partial charge in [0.05, 0.1) is 6.42 Å². The molecule has 6 heteroatoms. The zero-order valence-electron chi connectivity index (χ0n) is 10.9. The molecule has 1 aliphatic heterocycles. The van der Waals surface area contributed by atoms with E-state index in [0.29, 0.717) is 31.6 Å². The number of hydrogen-bond acceptors (Lipinski definition) is 2. The van der Waals surface area contributed by atoms with Crippen molar-refractivity contribution in [2.45, 2.75) is 37.5 Å². The molecule has 2 rings (SSSR count). The van der Waals surface area contributed by atoms with E-state index in [0.717, 1.165) is 0 Å². The van der Waals surface area contributed by atoms with Crippen molar-refractivity contribution >= 4 is 0 Å². The van der Waals surface area contributed by atoms with Crippen molar-refractivity contribution in [2.24, 2.45) is 0 Å². The van der Waals surface area contributed by atoms with E-state index in [1.165, 1.54) is 24.3 Å². The van der Waals surface area contributed by atoms with Crippen LogP contribution in [0.15, 0.2) is 24.3 Å². The monoisotopic (exact) mass is 291 g/mol. The van der Waals surface area contributed by atoms with Crippen LogP contribution in [0.3, 0.4) is 0 Å². The van der Waals surface area contributed by atoms with Crippen LogP contribution in [-0.4, -0.2) is 25.4 Å². The highest BCUT2D eigenvalue weighted by Gasteiger charge is 2.33. The van der Waals surface area contributed by atoms with Gasteiger partial charge in [-0.1, -0.05) is 12.1 Å². The second kappa shape index (κ2) is 6.54. The topological polar surface area (TPSA) is 21.3 Å². The molecule has 2 nitrogen and oxygen atoms in total. The third-order valence-electron chi connectivity index (χ3n) is 3.37. The first-order valence-corrected chi connectivity index (χ1v) is 6.60. The van der Waals surface area contributed by atoms with Crippen LogP contribution in [0, 0.1) is 5.82 Å². The van der Waals surface area contributed by atoms with Gasteiger partial charge in [-0.25, -0.2) is 4.39 Å². The van der Waals surface area contributed by atoms with E-state index >= 15 is 0 Å². The Morgan fingerprint density at radius 3 is 2.30 bits per heavy atom. The fourth-order valence-electron chi connectivity index (χ4n) is 2.35. The Balaban J connectivity index is 2.09. The van der Waals surface area contributed by atoms with Crippen LogP contribution in [0.4, 0.5) is 17.6 Å². The van der Waals surface area contributed by atoms with E-state index in [2.05, 4.69) is 5.32 Å². The molecule has 1 saturated heterocycles. The summed E-state index contributed by atoms with van der Waals surface area (Å²) >= 11 is 0. The Bertz CT molecular complexity index is 412. The first-order chi connectivity index (χ1) is 9.44. The molecular formula is C14H17F4NO. The van der Waals surface area contributed by atoms with Crippen molar-refractivity contribution in [1.82, 2.24) is 5.32 Å². The van der Waals surface area contributed by atoms with E-state index in [4.69, 9.17) is 4.74 Å². The summed E-state index contributed by atoms with van der Waals surface area (Å²) in [5, 5.41) is 3.03. The summed E-state index contributed by atoms with van der Waals surface area (Å²) in [6.45, 7) is 1.11. The number of rotatable bonds is 4. The minimum atomic E-state index is -4.27. The van der Waals surface area contributed by atoms with Gasteiger partial charge in [-0.15, -0.1) is 0 Å². The van der Waals surface area contributed by atoms with Gasteiger partial charge in [0, 0.05) is 25.3 Å². The van der Waals surface area contributed by atoms with Crippen LogP contribution < -0.4 is 5.32 Å². The number of hydrogen-bond donors (Lipinski definition) is 1. The van der Waals surface area contributed by atoms with Crippen molar-refractivity contribution in [3.63, 3.8) is 0 Å². The summed E-state index contributed by atoms with van der Waals surface area (Å²) in [5.74, 6) is -0.453. The Morgan fingerprint density at radius 1 is 1.15 bits per heavy atom. The Hall–Kier alpha value is -1.14. The average Bonchev–Trinajstić information content (AvgIpc) is 2.38. The van der Waals surface area contributed by atoms with Gasteiger partial charge >= 0.3 is 6.18 Å². The van der Waals surface area contributed by atoms with E-state index in [1.54, 1.807) is 0 Å². The maximum absolute atomic E-state index is 12.9. The molecule has 1 aromatic carbocycles. The molecule has 1 aliphatic rings. The van der Waals surface area contributed by atoms with Crippen molar-refractivity contribution in [3.8, 4) is 0 Å². The molecule has 1 fully saturated rings. The highest BCUT2D eigenvalue weighted by Crippen LogP contribution is 2.30. The summed E-state index contributed by atoms with van der Waals surface area (Å²) < 4.78 is 56.1. The molecule has 1 N–H and O–H groups in total. The molecule has 0 saturated carbocycles. The Labute approximate surface area is 115 Å². The zero-order chi connectivity index (χ0) is 14.6. The molecule has 0 bridgehead atoms. The maximum atomic E-state index is 12.9. The lowest BCUT2D eigenvalue weighted by Crippen LogP contribution is -2.39. The number of halogens is 4. The van der Waals surface area contributed by atoms with Crippen LogP contribution in [0.2, 0.25) is 0 Å². The van der Waals surface area contributed by atoms with Gasteiger partial charge in [-0.2, -0.15) is 13.2 Å². The summed E-state index contributed by atoms with van der Waals surface area (Å²) in [5.41, 5.74) is 0.454. The first-order valence-electron chi connectivity index (χ1n) is 6.60. The number of benzene rings is 1. The average molecular weight is 291 g/mol. The molecule has 1 aromatic rings. The molecule has 0 aromatic heterocycles. The van der Waals surface area contributed by atoms with Crippen molar-refractivity contribution < 1.29 is 22.3 Å². The van der Waals surface area contributed by atoms with Crippen LogP contribution in [0.5, 0.6) is 0 Å². The lowest BCUT2D eigenvalue weighted by Gasteiger charge is -2.29. The molecule has 1 atom stereocenters. The van der Waals surface area contributed by atoms with Gasteiger partial charge in [0.15, 0.2) is 0 Å². The quantitative estimate of drug-likeness (QED) is 0.856. The molecule has 0 aliphatic carbocycles. The van der Waals surface area contributed by atoms with Crippen LogP contribution in [0.1, 0.15) is 30.9 Å². The second-order valence-electron chi connectivity index (χ2n) is 4.98. The van der Waals surface area contributed by atoms with Gasteiger partial charge in [0.1, 0.15) is 5.82 Å². The van der Waals surface area contributed by atoms with Gasteiger partial charge in [-0.05, 0) is 30.5 Å². The second-order valence-corrected chi connectivity index (χ2v) is 4.98. The summed E-state index contributed by atoms with van der Waals surface area (Å²) in [6, 6.07) is 4.32. The molecule has 0 unspecified atom stereocenters. The largest absolute Gasteiger partial charge is 0.390 e. The van der Waals surface area contributed by atoms with Gasteiger partial charge < -0.3 is 10.1 Å². The highest BCUT2D eigenvalue weighted by molar-refractivity contribution is 5.20. The number of nitrogens with one attached hydrogen (secondary N) is 1. The summed E-state index contributed by atoms with van der Waals surface area (Å²) in [4.78, 5) is 0. The van der Waals surface area contributed by atoms with E-state index in [9.17, 15) is 17.6 Å². The summed E-state index contributed by atoms with van der Waals surface area (Å²) in [6.07, 6.45) is -3.85. The predicted molar refractivity (Wildman–Crippen MR) is 66.8 cm³/mol. The molecule has 0 amide bonds. The highest BCUT2D eigenvalue weighted by atomic mass is 19.4. The van der Waals surface area contributed by atoms with Crippen LogP contribution >= 0.6 is 0 Å². The van der Waals surface area contributed by atoms with Crippen molar-refractivity contribution in [3.05, 3.63) is 35.6 Å². The first kappa shape index (κ1) is 15.3. The molecule has 20 heavy (non-hydrogen) atoms. The van der Waals surface area contributed by atoms with Crippen LogP contribution in [0.25, 0.3) is 0 Å². The molecule has 112 valence electrons. The minimum Gasteiger partial charge on any atom is -0.381 e. The predicted octanol–water partition coefficient (Wildman–Crippen LogP) is 3.59. The molecule has 0 spiro atoms. The fraction of sp³-hybridized carbons (Fsp3) is 0.571. The van der Waals surface area contributed by atoms with Crippen LogP contribution in [-0.2, 0) is 4.74 Å². The Morgan fingerprint density at radius 2 is 1.75 bits per heavy atom. The van der Waals surface area contributed by atoms with Gasteiger partial charge in [0.25, 0.3) is 0 Å². The molecule has 1 heterocycles. The number of ether oxygens (including phenoxy) is 1. The van der Waals surface area contributed by atoms with Crippen molar-refractivity contribution in [1.29, 1.82) is 0 Å². The normalized spacial score (nSPS) is 19.0. The lowest BCUT2D eigenvalue weighted by molar-refractivity contribution is -0.141. The summed E-state index contributed by atoms with van der Waals surface area (Å²) in [7, 11) is 0. The van der Waals surface area contributed by atoms with E-state index in [1.807, 2.05) is 0 Å². The van der Waals surface area contributed by atoms with Gasteiger partial charge in [0.2, 0.25) is 0 Å². The smallest absolute Gasteiger partial charge is 0.381 e. The SMILES string of the molecule is Fc1ccc([C@H](CC(F)(F)F)NC2CCOCC2)cc1.